The van der Waals surface area contributed by atoms with Gasteiger partial charge in [-0.25, -0.2) is 0 Å². The van der Waals surface area contributed by atoms with Crippen LogP contribution in [0.1, 0.15) is 63.5 Å². The van der Waals surface area contributed by atoms with Crippen molar-refractivity contribution >= 4 is 12.2 Å². The molecule has 1 nitrogen and oxygen atoms in total. The van der Waals surface area contributed by atoms with Crippen LogP contribution in [0.5, 0.6) is 0 Å². The Morgan fingerprint density at radius 1 is 1.24 bits per heavy atom. The SMILES string of the molecule is C=CC1CC2CCC1C[C@H]2C(O)c1cccc2c1=C[C@H](CCC)CC=2. The molecule has 3 saturated carbocycles. The molecule has 25 heavy (non-hydrogen) atoms. The maximum absolute atomic E-state index is 11.3. The van der Waals surface area contributed by atoms with Gasteiger partial charge in [0.1, 0.15) is 0 Å². The highest BCUT2D eigenvalue weighted by atomic mass is 16.3. The Labute approximate surface area is 152 Å². The molecule has 134 valence electrons. The van der Waals surface area contributed by atoms with Crippen LogP contribution in [0, 0.1) is 29.6 Å². The summed E-state index contributed by atoms with van der Waals surface area (Å²) >= 11 is 0. The van der Waals surface area contributed by atoms with E-state index < -0.39 is 0 Å². The minimum Gasteiger partial charge on any atom is -0.388 e. The van der Waals surface area contributed by atoms with E-state index in [2.05, 4.69) is 49.9 Å². The van der Waals surface area contributed by atoms with E-state index >= 15 is 0 Å². The van der Waals surface area contributed by atoms with Crippen molar-refractivity contribution in [3.8, 4) is 0 Å². The molecule has 6 atom stereocenters. The summed E-state index contributed by atoms with van der Waals surface area (Å²) in [7, 11) is 0. The molecule has 4 unspecified atom stereocenters. The quantitative estimate of drug-likeness (QED) is 0.793. The van der Waals surface area contributed by atoms with Crippen molar-refractivity contribution in [2.24, 2.45) is 29.6 Å². The Balaban J connectivity index is 1.65. The Morgan fingerprint density at radius 2 is 2.08 bits per heavy atom. The zero-order valence-electron chi connectivity index (χ0n) is 15.5. The summed E-state index contributed by atoms with van der Waals surface area (Å²) in [6.07, 6.45) is 15.3. The molecule has 2 bridgehead atoms. The number of allylic oxidation sites excluding steroid dienone is 1. The van der Waals surface area contributed by atoms with Crippen LogP contribution in [-0.4, -0.2) is 5.11 Å². The third-order valence-corrected chi connectivity index (χ3v) is 7.17. The number of rotatable bonds is 5. The number of benzene rings is 1. The predicted octanol–water partition coefficient (Wildman–Crippen LogP) is 4.34. The van der Waals surface area contributed by atoms with E-state index in [4.69, 9.17) is 0 Å². The highest BCUT2D eigenvalue weighted by Gasteiger charge is 2.43. The first kappa shape index (κ1) is 17.1. The molecule has 0 heterocycles. The molecular formula is C24H32O. The van der Waals surface area contributed by atoms with Gasteiger partial charge in [0.15, 0.2) is 0 Å². The first-order valence-electron chi connectivity index (χ1n) is 10.3. The number of aliphatic hydroxyl groups excluding tert-OH is 1. The molecule has 0 aromatic heterocycles. The normalized spacial score (nSPS) is 34.6. The van der Waals surface area contributed by atoms with Gasteiger partial charge >= 0.3 is 0 Å². The molecule has 1 aromatic carbocycles. The first-order chi connectivity index (χ1) is 12.2. The molecule has 0 aliphatic heterocycles. The smallest absolute Gasteiger partial charge is 0.0826 e. The molecule has 5 rings (SSSR count). The average Bonchev–Trinajstić information content (AvgIpc) is 2.67. The van der Waals surface area contributed by atoms with E-state index in [1.807, 2.05) is 0 Å². The molecule has 1 N–H and O–H groups in total. The maximum Gasteiger partial charge on any atom is 0.0826 e. The minimum atomic E-state index is -0.307. The molecular weight excluding hydrogens is 304 g/mol. The lowest BCUT2D eigenvalue weighted by atomic mass is 9.58. The summed E-state index contributed by atoms with van der Waals surface area (Å²) in [6, 6.07) is 6.52. The zero-order valence-corrected chi connectivity index (χ0v) is 15.5. The van der Waals surface area contributed by atoms with Gasteiger partial charge in [-0.05, 0) is 84.1 Å². The first-order valence-corrected chi connectivity index (χ1v) is 10.3. The largest absolute Gasteiger partial charge is 0.388 e. The molecule has 4 aliphatic rings. The van der Waals surface area contributed by atoms with Crippen molar-refractivity contribution in [1.29, 1.82) is 0 Å². The Hall–Kier alpha value is -1.34. The third-order valence-electron chi connectivity index (χ3n) is 7.17. The summed E-state index contributed by atoms with van der Waals surface area (Å²) in [5, 5.41) is 14.0. The Kier molecular flexibility index (Phi) is 4.86. The Morgan fingerprint density at radius 3 is 2.80 bits per heavy atom. The number of hydrogen-bond acceptors (Lipinski definition) is 1. The number of hydrogen-bond donors (Lipinski definition) is 1. The van der Waals surface area contributed by atoms with Crippen LogP contribution in [0.25, 0.3) is 12.2 Å². The lowest BCUT2D eigenvalue weighted by Gasteiger charge is -2.48. The second-order valence-corrected chi connectivity index (χ2v) is 8.58. The van der Waals surface area contributed by atoms with E-state index in [9.17, 15) is 5.11 Å². The second-order valence-electron chi connectivity index (χ2n) is 8.58. The predicted molar refractivity (Wildman–Crippen MR) is 105 cm³/mol. The molecule has 0 radical (unpaired) electrons. The maximum atomic E-state index is 11.3. The van der Waals surface area contributed by atoms with Gasteiger partial charge < -0.3 is 5.11 Å². The van der Waals surface area contributed by atoms with Gasteiger partial charge in [-0.1, -0.05) is 49.8 Å². The number of fused-ring (bicyclic) bond motifs is 4. The van der Waals surface area contributed by atoms with Gasteiger partial charge in [-0.2, -0.15) is 0 Å². The van der Waals surface area contributed by atoms with Gasteiger partial charge in [-0.3, -0.25) is 0 Å². The molecule has 1 aromatic rings. The van der Waals surface area contributed by atoms with Gasteiger partial charge in [-0.15, -0.1) is 6.58 Å². The highest BCUT2D eigenvalue weighted by molar-refractivity contribution is 5.44. The van der Waals surface area contributed by atoms with Crippen LogP contribution in [0.3, 0.4) is 0 Å². The molecule has 0 saturated heterocycles. The molecule has 4 aliphatic carbocycles. The van der Waals surface area contributed by atoms with Gasteiger partial charge in [0.25, 0.3) is 0 Å². The van der Waals surface area contributed by atoms with Crippen molar-refractivity contribution in [1.82, 2.24) is 0 Å². The molecule has 1 heteroatoms. The average molecular weight is 337 g/mol. The lowest BCUT2D eigenvalue weighted by Crippen LogP contribution is -2.42. The Bertz CT molecular complexity index is 746. The van der Waals surface area contributed by atoms with Crippen LogP contribution in [0.4, 0.5) is 0 Å². The van der Waals surface area contributed by atoms with E-state index in [1.54, 1.807) is 0 Å². The third kappa shape index (κ3) is 3.12. The summed E-state index contributed by atoms with van der Waals surface area (Å²) in [6.45, 7) is 6.31. The van der Waals surface area contributed by atoms with Crippen LogP contribution < -0.4 is 10.4 Å². The molecule has 0 spiro atoms. The molecule has 3 fully saturated rings. The van der Waals surface area contributed by atoms with Crippen molar-refractivity contribution in [3.63, 3.8) is 0 Å². The van der Waals surface area contributed by atoms with E-state index in [-0.39, 0.29) is 6.10 Å². The van der Waals surface area contributed by atoms with E-state index in [1.165, 1.54) is 54.5 Å². The summed E-state index contributed by atoms with van der Waals surface area (Å²) in [4.78, 5) is 0. The van der Waals surface area contributed by atoms with Gasteiger partial charge in [0, 0.05) is 0 Å². The van der Waals surface area contributed by atoms with Crippen molar-refractivity contribution < 1.29 is 5.11 Å². The van der Waals surface area contributed by atoms with Crippen molar-refractivity contribution in [2.75, 3.05) is 0 Å². The van der Waals surface area contributed by atoms with Crippen LogP contribution >= 0.6 is 0 Å². The number of aliphatic hydroxyl groups is 1. The fraction of sp³-hybridized carbons (Fsp3) is 0.583. The fourth-order valence-electron chi connectivity index (χ4n) is 5.82. The van der Waals surface area contributed by atoms with Crippen LogP contribution in [-0.2, 0) is 0 Å². The fourth-order valence-corrected chi connectivity index (χ4v) is 5.82. The lowest BCUT2D eigenvalue weighted by molar-refractivity contribution is -0.0227. The van der Waals surface area contributed by atoms with Crippen LogP contribution in [0.15, 0.2) is 30.9 Å². The minimum absolute atomic E-state index is 0.307. The van der Waals surface area contributed by atoms with E-state index in [0.29, 0.717) is 23.7 Å². The van der Waals surface area contributed by atoms with Gasteiger partial charge in [0.2, 0.25) is 0 Å². The zero-order chi connectivity index (χ0) is 17.4. The van der Waals surface area contributed by atoms with Crippen molar-refractivity contribution in [2.45, 2.75) is 58.0 Å². The highest BCUT2D eigenvalue weighted by Crippen LogP contribution is 2.52. The standard InChI is InChI=1S/C24H32O/c1-3-6-16-9-10-18-7-5-8-21(22(18)13-16)24(25)23-15-19-11-12-20(23)14-17(19)4-2/h4-5,7-8,10,13,16-17,19-20,23-25H,2-3,6,9,11-12,14-15H2,1H3/t16-,17?,19?,20?,23-,24?/m1/s1. The summed E-state index contributed by atoms with van der Waals surface area (Å²) < 4.78 is 0. The summed E-state index contributed by atoms with van der Waals surface area (Å²) in [5.41, 5.74) is 1.18. The summed E-state index contributed by atoms with van der Waals surface area (Å²) in [5.74, 6) is 3.16. The van der Waals surface area contributed by atoms with Crippen LogP contribution in [0.2, 0.25) is 0 Å². The van der Waals surface area contributed by atoms with Gasteiger partial charge in [0.05, 0.1) is 6.10 Å². The molecule has 0 amide bonds. The van der Waals surface area contributed by atoms with E-state index in [0.717, 1.165) is 12.3 Å². The topological polar surface area (TPSA) is 20.2 Å². The second kappa shape index (κ2) is 7.11. The monoisotopic (exact) mass is 336 g/mol. The van der Waals surface area contributed by atoms with Crippen molar-refractivity contribution in [3.05, 3.63) is 46.9 Å².